The molecule has 0 aromatic heterocycles. The Labute approximate surface area is 204 Å². The molecule has 1 atom stereocenters. The first-order valence-electron chi connectivity index (χ1n) is 12.4. The molecule has 3 aliphatic heterocycles. The fraction of sp³-hybridized carbons (Fsp3) is 0.600. The maximum Gasteiger partial charge on any atom is 0.407 e. The number of carbonyl (C=O) groups is 4. The summed E-state index contributed by atoms with van der Waals surface area (Å²) >= 11 is 0. The van der Waals surface area contributed by atoms with Crippen molar-refractivity contribution in [3.8, 4) is 0 Å². The zero-order valence-corrected chi connectivity index (χ0v) is 20.5. The monoisotopic (exact) mass is 483 g/mol. The zero-order chi connectivity index (χ0) is 24.9. The standard InChI is InChI=1S/C25H33N5O5/c1-14-8-18(9-15(2)22(14)20-6-7-21(31)27-23(20)32)29-10-16(11-29)26-24(33)35-19-12-30(13-19)25(34)28(3)17-4-5-17/h8-9,16-17,19-20H,4-7,10-13H2,1-3H3,(H,26,33)(H,27,31,32). The molecule has 1 aromatic rings. The van der Waals surface area contributed by atoms with Crippen LogP contribution in [0.5, 0.6) is 0 Å². The van der Waals surface area contributed by atoms with Crippen LogP contribution in [-0.2, 0) is 14.3 Å². The molecule has 35 heavy (non-hydrogen) atoms. The van der Waals surface area contributed by atoms with Crippen molar-refractivity contribution in [1.82, 2.24) is 20.4 Å². The summed E-state index contributed by atoms with van der Waals surface area (Å²) in [6.45, 7) is 6.23. The van der Waals surface area contributed by atoms with Crippen molar-refractivity contribution < 1.29 is 23.9 Å². The number of nitrogens with zero attached hydrogens (tertiary/aromatic N) is 3. The predicted molar refractivity (Wildman–Crippen MR) is 128 cm³/mol. The van der Waals surface area contributed by atoms with Crippen LogP contribution in [0.15, 0.2) is 12.1 Å². The number of hydrogen-bond donors (Lipinski definition) is 2. The van der Waals surface area contributed by atoms with Crippen LogP contribution in [0, 0.1) is 13.8 Å². The summed E-state index contributed by atoms with van der Waals surface area (Å²) in [5.74, 6) is -0.727. The molecule has 0 bridgehead atoms. The smallest absolute Gasteiger partial charge is 0.407 e. The van der Waals surface area contributed by atoms with Crippen LogP contribution in [0.2, 0.25) is 0 Å². The normalized spacial score (nSPS) is 22.8. The molecule has 10 heteroatoms. The molecule has 1 unspecified atom stereocenters. The summed E-state index contributed by atoms with van der Waals surface area (Å²) < 4.78 is 5.47. The molecule has 1 aromatic carbocycles. The van der Waals surface area contributed by atoms with Crippen molar-refractivity contribution in [2.45, 2.75) is 63.6 Å². The molecular formula is C25H33N5O5. The van der Waals surface area contributed by atoms with Gasteiger partial charge in [-0.25, -0.2) is 9.59 Å². The summed E-state index contributed by atoms with van der Waals surface area (Å²) in [4.78, 5) is 54.1. The van der Waals surface area contributed by atoms with Gasteiger partial charge in [-0.3, -0.25) is 14.9 Å². The molecule has 10 nitrogen and oxygen atoms in total. The van der Waals surface area contributed by atoms with Crippen molar-refractivity contribution in [2.24, 2.45) is 0 Å². The van der Waals surface area contributed by atoms with Crippen LogP contribution < -0.4 is 15.5 Å². The van der Waals surface area contributed by atoms with Crippen LogP contribution in [0.4, 0.5) is 15.3 Å². The average Bonchev–Trinajstić information content (AvgIpc) is 3.58. The lowest BCUT2D eigenvalue weighted by atomic mass is 9.84. The molecular weight excluding hydrogens is 450 g/mol. The maximum absolute atomic E-state index is 12.3. The van der Waals surface area contributed by atoms with E-state index >= 15 is 0 Å². The fourth-order valence-corrected chi connectivity index (χ4v) is 5.30. The summed E-state index contributed by atoms with van der Waals surface area (Å²) in [5, 5.41) is 5.36. The minimum absolute atomic E-state index is 0.00302. The Kier molecular flexibility index (Phi) is 6.06. The van der Waals surface area contributed by atoms with E-state index in [9.17, 15) is 19.2 Å². The quantitative estimate of drug-likeness (QED) is 0.616. The lowest BCUT2D eigenvalue weighted by Crippen LogP contribution is -2.62. The number of carbonyl (C=O) groups excluding carboxylic acids is 4. The lowest BCUT2D eigenvalue weighted by molar-refractivity contribution is -0.134. The van der Waals surface area contributed by atoms with Gasteiger partial charge < -0.3 is 24.8 Å². The summed E-state index contributed by atoms with van der Waals surface area (Å²) in [7, 11) is 1.83. The first-order chi connectivity index (χ1) is 16.7. The van der Waals surface area contributed by atoms with Gasteiger partial charge in [0.05, 0.1) is 25.0 Å². The van der Waals surface area contributed by atoms with E-state index in [2.05, 4.69) is 27.7 Å². The number of imide groups is 1. The molecule has 3 saturated heterocycles. The van der Waals surface area contributed by atoms with Crippen LogP contribution >= 0.6 is 0 Å². The number of hydrogen-bond acceptors (Lipinski definition) is 6. The van der Waals surface area contributed by atoms with Gasteiger partial charge in [0, 0.05) is 38.3 Å². The Morgan fingerprint density at radius 1 is 1.06 bits per heavy atom. The Hall–Kier alpha value is -3.30. The van der Waals surface area contributed by atoms with Gasteiger partial charge >= 0.3 is 12.1 Å². The van der Waals surface area contributed by atoms with Gasteiger partial charge in [0.2, 0.25) is 11.8 Å². The number of rotatable bonds is 5. The van der Waals surface area contributed by atoms with Crippen molar-refractivity contribution in [3.63, 3.8) is 0 Å². The average molecular weight is 484 g/mol. The van der Waals surface area contributed by atoms with E-state index in [1.807, 2.05) is 20.9 Å². The number of nitrogens with one attached hydrogen (secondary N) is 2. The third-order valence-corrected chi connectivity index (χ3v) is 7.52. The van der Waals surface area contributed by atoms with Gasteiger partial charge in [-0.15, -0.1) is 0 Å². The number of urea groups is 1. The minimum Gasteiger partial charge on any atom is -0.442 e. The van der Waals surface area contributed by atoms with Crippen LogP contribution in [0.3, 0.4) is 0 Å². The Morgan fingerprint density at radius 3 is 2.31 bits per heavy atom. The minimum atomic E-state index is -0.442. The second kappa shape index (κ2) is 9.05. The van der Waals surface area contributed by atoms with Crippen LogP contribution in [-0.4, -0.2) is 85.2 Å². The Balaban J connectivity index is 1.08. The second-order valence-corrected chi connectivity index (χ2v) is 10.3. The van der Waals surface area contributed by atoms with Gasteiger partial charge in [-0.1, -0.05) is 0 Å². The third kappa shape index (κ3) is 4.78. The lowest BCUT2D eigenvalue weighted by Gasteiger charge is -2.43. The van der Waals surface area contributed by atoms with Crippen molar-refractivity contribution in [2.75, 3.05) is 38.1 Å². The zero-order valence-electron chi connectivity index (χ0n) is 20.5. The molecule has 1 aliphatic carbocycles. The van der Waals surface area contributed by atoms with Gasteiger partial charge in [0.15, 0.2) is 0 Å². The number of ether oxygens (including phenoxy) is 1. The number of anilines is 1. The molecule has 2 N–H and O–H groups in total. The number of benzene rings is 1. The highest BCUT2D eigenvalue weighted by Gasteiger charge is 2.39. The molecule has 188 valence electrons. The van der Waals surface area contributed by atoms with Crippen molar-refractivity contribution in [3.05, 3.63) is 28.8 Å². The fourth-order valence-electron chi connectivity index (χ4n) is 5.30. The van der Waals surface area contributed by atoms with Crippen LogP contribution in [0.1, 0.15) is 48.3 Å². The highest BCUT2D eigenvalue weighted by atomic mass is 16.6. The molecule has 1 saturated carbocycles. The van der Waals surface area contributed by atoms with Crippen molar-refractivity contribution >= 4 is 29.6 Å². The molecule has 5 amide bonds. The Bertz CT molecular complexity index is 1040. The molecule has 0 radical (unpaired) electrons. The van der Waals surface area contributed by atoms with E-state index in [4.69, 9.17) is 4.74 Å². The van der Waals surface area contributed by atoms with Gasteiger partial charge in [0.25, 0.3) is 0 Å². The first kappa shape index (κ1) is 23.4. The highest BCUT2D eigenvalue weighted by molar-refractivity contribution is 6.01. The van der Waals surface area contributed by atoms with E-state index in [1.165, 1.54) is 0 Å². The molecule has 5 rings (SSSR count). The van der Waals surface area contributed by atoms with Gasteiger partial charge in [-0.05, 0) is 61.9 Å². The van der Waals surface area contributed by atoms with Gasteiger partial charge in [0.1, 0.15) is 6.10 Å². The number of piperidine rings is 1. The SMILES string of the molecule is Cc1cc(N2CC(NC(=O)OC3CN(C(=O)N(C)C4CC4)C3)C2)cc(C)c1C1CCC(=O)NC1=O. The second-order valence-electron chi connectivity index (χ2n) is 10.3. The molecule has 0 spiro atoms. The Morgan fingerprint density at radius 2 is 1.71 bits per heavy atom. The van der Waals surface area contributed by atoms with E-state index in [-0.39, 0.29) is 35.9 Å². The van der Waals surface area contributed by atoms with Gasteiger partial charge in [-0.2, -0.15) is 0 Å². The highest BCUT2D eigenvalue weighted by Crippen LogP contribution is 2.34. The van der Waals surface area contributed by atoms with E-state index in [1.54, 1.807) is 9.80 Å². The number of amides is 5. The number of alkyl carbamates (subject to hydrolysis) is 1. The molecule has 4 aliphatic rings. The van der Waals surface area contributed by atoms with E-state index in [0.29, 0.717) is 45.1 Å². The maximum atomic E-state index is 12.3. The topological polar surface area (TPSA) is 111 Å². The number of likely N-dealkylation sites (tertiary alicyclic amines) is 1. The molecule has 4 fully saturated rings. The largest absolute Gasteiger partial charge is 0.442 e. The van der Waals surface area contributed by atoms with E-state index < -0.39 is 6.09 Å². The van der Waals surface area contributed by atoms with Crippen LogP contribution in [0.25, 0.3) is 0 Å². The summed E-state index contributed by atoms with van der Waals surface area (Å²) in [5.41, 5.74) is 4.10. The van der Waals surface area contributed by atoms with Crippen molar-refractivity contribution in [1.29, 1.82) is 0 Å². The first-order valence-corrected chi connectivity index (χ1v) is 12.4. The predicted octanol–water partition coefficient (Wildman–Crippen LogP) is 1.64. The molecule has 3 heterocycles. The van der Waals surface area contributed by atoms with E-state index in [0.717, 1.165) is 35.2 Å². The summed E-state index contributed by atoms with van der Waals surface area (Å²) in [6.07, 6.45) is 2.34. The third-order valence-electron chi connectivity index (χ3n) is 7.52. The number of aryl methyl sites for hydroxylation is 2. The summed E-state index contributed by atoms with van der Waals surface area (Å²) in [6, 6.07) is 4.51.